The molecule has 0 saturated carbocycles. The molecule has 144 valence electrons. The van der Waals surface area contributed by atoms with E-state index in [1.165, 1.54) is 0 Å². The van der Waals surface area contributed by atoms with E-state index in [0.717, 1.165) is 13.1 Å². The summed E-state index contributed by atoms with van der Waals surface area (Å²) in [5.41, 5.74) is 0. The Kier molecular flexibility index (Phi) is 9.45. The van der Waals surface area contributed by atoms with Gasteiger partial charge in [0, 0.05) is 61.1 Å². The van der Waals surface area contributed by atoms with Crippen molar-refractivity contribution in [1.82, 2.24) is 12.5 Å². The molecule has 8 nitrogen and oxygen atoms in total. The average Bonchev–Trinajstić information content (AvgIpc) is 2.51. The van der Waals surface area contributed by atoms with Gasteiger partial charge in [0.2, 0.25) is 0 Å². The van der Waals surface area contributed by atoms with Crippen molar-refractivity contribution in [3.05, 3.63) is 0 Å². The van der Waals surface area contributed by atoms with E-state index >= 15 is 0 Å². The van der Waals surface area contributed by atoms with Gasteiger partial charge in [-0.05, 0) is 14.1 Å². The van der Waals surface area contributed by atoms with Gasteiger partial charge in [-0.1, -0.05) is 0 Å². The van der Waals surface area contributed by atoms with Crippen LogP contribution in [0.5, 0.6) is 0 Å². The third kappa shape index (κ3) is 6.53. The highest BCUT2D eigenvalue weighted by Crippen LogP contribution is 2.53. The van der Waals surface area contributed by atoms with Gasteiger partial charge in [0.15, 0.2) is 0 Å². The van der Waals surface area contributed by atoms with Gasteiger partial charge in [0.1, 0.15) is 38.7 Å². The molecule has 25 heavy (non-hydrogen) atoms. The minimum absolute atomic E-state index is 0.0297. The second kappa shape index (κ2) is 10.4. The molecule has 0 aliphatic carbocycles. The normalized spacial score (nSPS) is 34.9. The van der Waals surface area contributed by atoms with Crippen LogP contribution in [-0.4, -0.2) is 106 Å². The first-order chi connectivity index (χ1) is 11.7. The maximum absolute atomic E-state index is 13.6. The first kappa shape index (κ1) is 22.8. The van der Waals surface area contributed by atoms with Gasteiger partial charge in [-0.2, -0.15) is 0 Å². The van der Waals surface area contributed by atoms with E-state index in [1.54, 1.807) is 18.8 Å². The van der Waals surface area contributed by atoms with E-state index in [9.17, 15) is 4.57 Å². The minimum Gasteiger partial charge on any atom is -0.379 e. The Hall–Kier alpha value is 1.54. The van der Waals surface area contributed by atoms with Crippen molar-refractivity contribution in [2.75, 3.05) is 53.5 Å². The number of ether oxygens (including phenoxy) is 2. The molecule has 2 fully saturated rings. The number of morpholine rings is 2. The second-order valence-electron chi connectivity index (χ2n) is 6.75. The molecule has 2 aliphatic heterocycles. The predicted octanol–water partition coefficient (Wildman–Crippen LogP) is -0.291. The molecule has 2 rings (SSSR count). The quantitative estimate of drug-likeness (QED) is 0.172. The van der Waals surface area contributed by atoms with Crippen LogP contribution in [-0.2, 0) is 21.6 Å². The summed E-state index contributed by atoms with van der Waals surface area (Å²) < 4.78 is 42.3. The van der Waals surface area contributed by atoms with Crippen molar-refractivity contribution in [1.29, 1.82) is 0 Å². The number of nitrogens with zero attached hydrogens (tertiary/aromatic N) is 3. The summed E-state index contributed by atoms with van der Waals surface area (Å²) in [7, 11) is 4.46. The van der Waals surface area contributed by atoms with Crippen LogP contribution in [0.1, 0.15) is 0 Å². The number of rotatable bonds is 7. The molecule has 0 radical (unpaired) electrons. The third-order valence-corrected chi connectivity index (χ3v) is 7.81. The van der Waals surface area contributed by atoms with Crippen LogP contribution in [0.2, 0.25) is 0 Å². The molecule has 2 saturated heterocycles. The molecule has 0 aromatic carbocycles. The number of hydrogen-bond acceptors (Lipinski definition) is 6. The molecule has 0 aromatic rings. The Labute approximate surface area is 180 Å². The lowest BCUT2D eigenvalue weighted by Crippen LogP contribution is -2.50. The number of halogens is 2. The number of hydrogen-bond donors (Lipinski definition) is 0. The molecule has 13 heteroatoms. The highest BCUT2D eigenvalue weighted by molar-refractivity contribution is 14.1. The third-order valence-electron chi connectivity index (χ3n) is 4.13. The van der Waals surface area contributed by atoms with Gasteiger partial charge in [-0.25, -0.2) is 12.5 Å². The molecular formula is C12H26B2I2N3O5P. The van der Waals surface area contributed by atoms with Crippen LogP contribution in [0.15, 0.2) is 0 Å². The van der Waals surface area contributed by atoms with Crippen molar-refractivity contribution in [3.8, 4) is 0 Å². The monoisotopic (exact) mass is 599 g/mol. The van der Waals surface area contributed by atoms with E-state index in [1.807, 2.05) is 43.4 Å². The maximum atomic E-state index is 13.6. The fraction of sp³-hybridized carbons (Fsp3) is 1.00. The zero-order valence-electron chi connectivity index (χ0n) is 15.1. The Morgan fingerprint density at radius 2 is 1.72 bits per heavy atom. The highest BCUT2D eigenvalue weighted by atomic mass is 127. The predicted molar refractivity (Wildman–Crippen MR) is 119 cm³/mol. The minimum atomic E-state index is -3.14. The summed E-state index contributed by atoms with van der Waals surface area (Å²) in [6, 6.07) is 0.115. The lowest BCUT2D eigenvalue weighted by molar-refractivity contribution is -0.0545. The van der Waals surface area contributed by atoms with Gasteiger partial charge in [-0.15, -0.1) is 0 Å². The van der Waals surface area contributed by atoms with Crippen LogP contribution in [0, 0.1) is 0 Å². The first-order valence-corrected chi connectivity index (χ1v) is 11.7. The fourth-order valence-electron chi connectivity index (χ4n) is 3.10. The molecule has 5 atom stereocenters. The van der Waals surface area contributed by atoms with Crippen LogP contribution < -0.4 is 0 Å². The molecule has 0 bridgehead atoms. The average molecular weight is 599 g/mol. The van der Waals surface area contributed by atoms with Gasteiger partial charge in [-0.3, -0.25) is 4.57 Å². The van der Waals surface area contributed by atoms with Gasteiger partial charge in [0.25, 0.3) is 0 Å². The Morgan fingerprint density at radius 3 is 2.28 bits per heavy atom. The van der Waals surface area contributed by atoms with Gasteiger partial charge >= 0.3 is 7.67 Å². The molecule has 0 amide bonds. The van der Waals surface area contributed by atoms with Crippen molar-refractivity contribution in [2.24, 2.45) is 0 Å². The first-order valence-electron chi connectivity index (χ1n) is 8.37. The Morgan fingerprint density at radius 1 is 1.12 bits per heavy atom. The molecule has 0 aromatic heterocycles. The zero-order valence-corrected chi connectivity index (χ0v) is 20.3. The molecular weight excluding hydrogens is 573 g/mol. The van der Waals surface area contributed by atoms with E-state index in [2.05, 4.69) is 26.0 Å². The van der Waals surface area contributed by atoms with E-state index < -0.39 is 7.67 Å². The van der Waals surface area contributed by atoms with E-state index in [-0.39, 0.29) is 24.2 Å². The smallest absolute Gasteiger partial charge is 0.345 e. The highest BCUT2D eigenvalue weighted by Gasteiger charge is 2.41. The van der Waals surface area contributed by atoms with Crippen LogP contribution >= 0.6 is 53.5 Å². The molecule has 2 heterocycles. The van der Waals surface area contributed by atoms with Crippen LogP contribution in [0.3, 0.4) is 0 Å². The summed E-state index contributed by atoms with van der Waals surface area (Å²) in [6.07, 6.45) is -0.200. The van der Waals surface area contributed by atoms with Crippen LogP contribution in [0.4, 0.5) is 0 Å². The fourth-order valence-corrected chi connectivity index (χ4v) is 6.58. The van der Waals surface area contributed by atoms with Crippen LogP contribution in [0.25, 0.3) is 0 Å². The standard InChI is InChI=1S/C12H26B2I2N3O5P/c1-17(2)25(20,19-4-10(7-21-16)24-12(14)6-19)22-8-9-3-18(15)5-11(13)23-9/h9-12H,3-8,13-14H2,1-2H3. The summed E-state index contributed by atoms with van der Waals surface area (Å²) in [5, 5.41) is 0. The summed E-state index contributed by atoms with van der Waals surface area (Å²) >= 11 is 4.15. The van der Waals surface area contributed by atoms with Crippen molar-refractivity contribution in [2.45, 2.75) is 24.2 Å². The van der Waals surface area contributed by atoms with Crippen molar-refractivity contribution < 1.29 is 21.6 Å². The van der Waals surface area contributed by atoms with Crippen molar-refractivity contribution >= 4 is 69.2 Å². The molecule has 2 aliphatic rings. The zero-order chi connectivity index (χ0) is 18.6. The van der Waals surface area contributed by atoms with Gasteiger partial charge < -0.3 is 17.1 Å². The summed E-state index contributed by atoms with van der Waals surface area (Å²) in [5.74, 6) is 0. The molecule has 0 spiro atoms. The SMILES string of the molecule is BC1CN(I)CC(COP(=O)(N(C)C)N2CC(B)OC(COI)C2)O1. The lowest BCUT2D eigenvalue weighted by Gasteiger charge is -2.42. The molecule has 0 N–H and O–H groups in total. The van der Waals surface area contributed by atoms with Gasteiger partial charge in [0.05, 0.1) is 25.4 Å². The topological polar surface area (TPSA) is 63.7 Å². The second-order valence-corrected chi connectivity index (χ2v) is 11.3. The summed E-state index contributed by atoms with van der Waals surface area (Å²) in [6.45, 7) is 3.50. The largest absolute Gasteiger partial charge is 0.379 e. The van der Waals surface area contributed by atoms with E-state index in [0.29, 0.717) is 26.3 Å². The van der Waals surface area contributed by atoms with Crippen molar-refractivity contribution in [3.63, 3.8) is 0 Å². The Balaban J connectivity index is 2.03. The maximum Gasteiger partial charge on any atom is 0.345 e. The lowest BCUT2D eigenvalue weighted by atomic mass is 9.98. The molecule has 5 unspecified atom stereocenters. The van der Waals surface area contributed by atoms with E-state index in [4.69, 9.17) is 17.1 Å². The Bertz CT molecular complexity index is 474. The summed E-state index contributed by atoms with van der Waals surface area (Å²) in [4.78, 5) is 0.